The molecule has 2 aromatic rings. The van der Waals surface area contributed by atoms with Crippen LogP contribution in [0.2, 0.25) is 0 Å². The normalized spacial score (nSPS) is 22.6. The first-order valence-corrected chi connectivity index (χ1v) is 8.10. The van der Waals surface area contributed by atoms with Crippen molar-refractivity contribution >= 4 is 10.9 Å². The van der Waals surface area contributed by atoms with E-state index in [1.54, 1.807) is 0 Å². The van der Waals surface area contributed by atoms with Gasteiger partial charge in [-0.3, -0.25) is 5.10 Å². The predicted octanol–water partition coefficient (Wildman–Crippen LogP) is 3.56. The van der Waals surface area contributed by atoms with Crippen molar-refractivity contribution in [3.8, 4) is 5.75 Å². The van der Waals surface area contributed by atoms with E-state index in [1.807, 2.05) is 6.20 Å². The minimum atomic E-state index is 0.330. The van der Waals surface area contributed by atoms with Crippen LogP contribution in [0.3, 0.4) is 0 Å². The average Bonchev–Trinajstić information content (AvgIpc) is 2.98. The molecule has 2 N–H and O–H groups in total. The quantitative estimate of drug-likeness (QED) is 0.884. The predicted molar refractivity (Wildman–Crippen MR) is 85.8 cm³/mol. The lowest BCUT2D eigenvalue weighted by atomic mass is 9.92. The third-order valence-electron chi connectivity index (χ3n) is 4.45. The van der Waals surface area contributed by atoms with Gasteiger partial charge >= 0.3 is 0 Å². The minimum Gasteiger partial charge on any atom is -0.490 e. The van der Waals surface area contributed by atoms with Crippen molar-refractivity contribution in [2.75, 3.05) is 6.54 Å². The third-order valence-corrected chi connectivity index (χ3v) is 4.45. The van der Waals surface area contributed by atoms with E-state index >= 15 is 0 Å². The molecule has 0 saturated heterocycles. The Morgan fingerprint density at radius 3 is 3.14 bits per heavy atom. The Hall–Kier alpha value is -1.55. The number of aryl methyl sites for hydroxylation is 1. The van der Waals surface area contributed by atoms with Gasteiger partial charge in [-0.1, -0.05) is 6.92 Å². The summed E-state index contributed by atoms with van der Waals surface area (Å²) in [6.45, 7) is 5.44. The molecular formula is C17H25N3O. The highest BCUT2D eigenvalue weighted by Crippen LogP contribution is 2.29. The van der Waals surface area contributed by atoms with Crippen LogP contribution in [0.25, 0.3) is 10.9 Å². The summed E-state index contributed by atoms with van der Waals surface area (Å²) >= 11 is 0. The first kappa shape index (κ1) is 14.4. The fraction of sp³-hybridized carbons (Fsp3) is 0.588. The van der Waals surface area contributed by atoms with E-state index in [-0.39, 0.29) is 0 Å². The second-order valence-corrected chi connectivity index (χ2v) is 6.08. The lowest BCUT2D eigenvalue weighted by Crippen LogP contribution is -2.38. The zero-order chi connectivity index (χ0) is 14.7. The fourth-order valence-corrected chi connectivity index (χ4v) is 3.23. The maximum absolute atomic E-state index is 6.29. The number of aromatic nitrogens is 2. The number of rotatable bonds is 5. The smallest absolute Gasteiger partial charge is 0.123 e. The highest BCUT2D eigenvalue weighted by atomic mass is 16.5. The molecule has 0 radical (unpaired) electrons. The maximum Gasteiger partial charge on any atom is 0.123 e. The number of ether oxygens (including phenoxy) is 1. The van der Waals surface area contributed by atoms with Crippen molar-refractivity contribution in [2.24, 2.45) is 0 Å². The van der Waals surface area contributed by atoms with Gasteiger partial charge in [0.1, 0.15) is 11.9 Å². The van der Waals surface area contributed by atoms with Crippen molar-refractivity contribution in [3.63, 3.8) is 0 Å². The highest BCUT2D eigenvalue weighted by molar-refractivity contribution is 5.83. The first-order valence-electron chi connectivity index (χ1n) is 8.10. The summed E-state index contributed by atoms with van der Waals surface area (Å²) in [6.07, 6.45) is 8.20. The van der Waals surface area contributed by atoms with Gasteiger partial charge in [-0.15, -0.1) is 0 Å². The molecule has 2 unspecified atom stereocenters. The van der Waals surface area contributed by atoms with E-state index in [2.05, 4.69) is 41.5 Å². The van der Waals surface area contributed by atoms with E-state index < -0.39 is 0 Å². The molecular weight excluding hydrogens is 262 g/mol. The van der Waals surface area contributed by atoms with Crippen molar-refractivity contribution < 1.29 is 4.74 Å². The summed E-state index contributed by atoms with van der Waals surface area (Å²) in [4.78, 5) is 0. The van der Waals surface area contributed by atoms with Crippen molar-refractivity contribution in [1.82, 2.24) is 15.5 Å². The molecule has 0 amide bonds. The highest BCUT2D eigenvalue weighted by Gasteiger charge is 2.23. The van der Waals surface area contributed by atoms with Gasteiger partial charge in [0.2, 0.25) is 0 Å². The molecule has 0 aliphatic heterocycles. The van der Waals surface area contributed by atoms with Crippen molar-refractivity contribution in [1.29, 1.82) is 0 Å². The van der Waals surface area contributed by atoms with Gasteiger partial charge in [-0.2, -0.15) is 5.10 Å². The second kappa shape index (κ2) is 6.48. The summed E-state index contributed by atoms with van der Waals surface area (Å²) in [7, 11) is 0. The SMILES string of the molecule is CCCNC1CCCC(Oc2ccc3[nH]ncc3c2C)C1. The Balaban J connectivity index is 1.68. The van der Waals surface area contributed by atoms with Crippen molar-refractivity contribution in [3.05, 3.63) is 23.9 Å². The van der Waals surface area contributed by atoms with Crippen LogP contribution in [0, 0.1) is 6.92 Å². The van der Waals surface area contributed by atoms with Gasteiger partial charge in [0.15, 0.2) is 0 Å². The van der Waals surface area contributed by atoms with E-state index in [1.165, 1.54) is 24.8 Å². The minimum absolute atomic E-state index is 0.330. The molecule has 0 spiro atoms. The number of nitrogens with one attached hydrogen (secondary N) is 2. The molecule has 4 nitrogen and oxygen atoms in total. The molecule has 114 valence electrons. The third kappa shape index (κ3) is 3.21. The Morgan fingerprint density at radius 2 is 2.29 bits per heavy atom. The fourth-order valence-electron chi connectivity index (χ4n) is 3.23. The van der Waals surface area contributed by atoms with E-state index in [0.717, 1.165) is 36.0 Å². The number of H-pyrrole nitrogens is 1. The number of fused-ring (bicyclic) bond motifs is 1. The zero-order valence-electron chi connectivity index (χ0n) is 13.0. The number of nitrogens with zero attached hydrogens (tertiary/aromatic N) is 1. The molecule has 1 aromatic heterocycles. The molecule has 0 bridgehead atoms. The van der Waals surface area contributed by atoms with Crippen LogP contribution in [-0.2, 0) is 0 Å². The molecule has 4 heteroatoms. The van der Waals surface area contributed by atoms with Gasteiger partial charge in [0, 0.05) is 17.0 Å². The number of aromatic amines is 1. The zero-order valence-corrected chi connectivity index (χ0v) is 13.0. The maximum atomic E-state index is 6.29. The summed E-state index contributed by atoms with van der Waals surface area (Å²) in [5.74, 6) is 1.00. The van der Waals surface area contributed by atoms with Crippen molar-refractivity contribution in [2.45, 2.75) is 58.1 Å². The van der Waals surface area contributed by atoms with Crippen LogP contribution < -0.4 is 10.1 Å². The molecule has 1 saturated carbocycles. The summed E-state index contributed by atoms with van der Waals surface area (Å²) < 4.78 is 6.29. The van der Waals surface area contributed by atoms with E-state index in [0.29, 0.717) is 12.1 Å². The summed E-state index contributed by atoms with van der Waals surface area (Å²) in [6, 6.07) is 4.74. The standard InChI is InChI=1S/C17H25N3O/c1-3-9-18-13-5-4-6-14(10-13)21-17-8-7-16-15(12(17)2)11-19-20-16/h7-8,11,13-14,18H,3-6,9-10H2,1-2H3,(H,19,20). The molecule has 1 fully saturated rings. The van der Waals surface area contributed by atoms with Crippen LogP contribution in [0.15, 0.2) is 18.3 Å². The molecule has 1 heterocycles. The second-order valence-electron chi connectivity index (χ2n) is 6.08. The Kier molecular flexibility index (Phi) is 4.44. The van der Waals surface area contributed by atoms with Crippen LogP contribution in [0.1, 0.15) is 44.6 Å². The summed E-state index contributed by atoms with van der Waals surface area (Å²) in [5, 5.41) is 11.9. The number of benzene rings is 1. The Morgan fingerprint density at radius 1 is 1.38 bits per heavy atom. The van der Waals surface area contributed by atoms with Crippen LogP contribution >= 0.6 is 0 Å². The van der Waals surface area contributed by atoms with Gasteiger partial charge in [0.25, 0.3) is 0 Å². The van der Waals surface area contributed by atoms with Crippen LogP contribution in [0.4, 0.5) is 0 Å². The Bertz CT molecular complexity index is 593. The van der Waals surface area contributed by atoms with Gasteiger partial charge < -0.3 is 10.1 Å². The lowest BCUT2D eigenvalue weighted by molar-refractivity contribution is 0.134. The van der Waals surface area contributed by atoms with E-state index in [9.17, 15) is 0 Å². The first-order chi connectivity index (χ1) is 10.3. The number of hydrogen-bond acceptors (Lipinski definition) is 3. The summed E-state index contributed by atoms with van der Waals surface area (Å²) in [5.41, 5.74) is 2.26. The molecule has 1 aliphatic rings. The molecule has 1 aliphatic carbocycles. The van der Waals surface area contributed by atoms with Gasteiger partial charge in [0.05, 0.1) is 11.7 Å². The average molecular weight is 287 g/mol. The topological polar surface area (TPSA) is 49.9 Å². The monoisotopic (exact) mass is 287 g/mol. The van der Waals surface area contributed by atoms with Gasteiger partial charge in [-0.05, 0) is 57.7 Å². The number of hydrogen-bond donors (Lipinski definition) is 2. The Labute approximate surface area is 126 Å². The molecule has 2 atom stereocenters. The van der Waals surface area contributed by atoms with Crippen LogP contribution in [0.5, 0.6) is 5.75 Å². The van der Waals surface area contributed by atoms with Gasteiger partial charge in [-0.25, -0.2) is 0 Å². The van der Waals surface area contributed by atoms with Crippen LogP contribution in [-0.4, -0.2) is 28.9 Å². The van der Waals surface area contributed by atoms with E-state index in [4.69, 9.17) is 4.74 Å². The molecule has 1 aromatic carbocycles. The molecule has 3 rings (SSSR count). The largest absolute Gasteiger partial charge is 0.490 e. The lowest BCUT2D eigenvalue weighted by Gasteiger charge is -2.30. The molecule has 21 heavy (non-hydrogen) atoms.